The van der Waals surface area contributed by atoms with Gasteiger partial charge in [0.05, 0.1) is 24.6 Å². The van der Waals surface area contributed by atoms with Crippen LogP contribution in [0.3, 0.4) is 0 Å². The molecule has 6 heteroatoms. The summed E-state index contributed by atoms with van der Waals surface area (Å²) in [5, 5.41) is 2.67. The maximum Gasteiger partial charge on any atom is 0.289 e. The summed E-state index contributed by atoms with van der Waals surface area (Å²) in [6.07, 6.45) is 1.45. The largest absolute Gasteiger partial charge is 0.336 e. The number of isocyanates is 1. The Bertz CT molecular complexity index is 542. The maximum atomic E-state index is 11.9. The van der Waals surface area contributed by atoms with Crippen molar-refractivity contribution in [1.29, 1.82) is 0 Å². The Morgan fingerprint density at radius 1 is 1.35 bits per heavy atom. The van der Waals surface area contributed by atoms with Crippen molar-refractivity contribution in [1.82, 2.24) is 0 Å². The highest BCUT2D eigenvalue weighted by molar-refractivity contribution is 6.04. The van der Waals surface area contributed by atoms with Crippen LogP contribution in [0.15, 0.2) is 23.2 Å². The summed E-state index contributed by atoms with van der Waals surface area (Å²) in [7, 11) is 0. The second kappa shape index (κ2) is 3.49. The van der Waals surface area contributed by atoms with Gasteiger partial charge < -0.3 is 14.8 Å². The molecule has 6 nitrogen and oxygen atoms in total. The van der Waals surface area contributed by atoms with E-state index in [2.05, 4.69) is 10.3 Å². The molecule has 1 amide bonds. The average molecular weight is 232 g/mol. The van der Waals surface area contributed by atoms with Gasteiger partial charge in [-0.1, -0.05) is 0 Å². The molecule has 0 radical (unpaired) electrons. The van der Waals surface area contributed by atoms with Crippen molar-refractivity contribution in [3.05, 3.63) is 23.8 Å². The van der Waals surface area contributed by atoms with Gasteiger partial charge >= 0.3 is 0 Å². The summed E-state index contributed by atoms with van der Waals surface area (Å²) in [5.74, 6) is -1.72. The number of carbonyl (C=O) groups excluding carboxylic acids is 2. The normalized spacial score (nSPS) is 19.9. The molecule has 0 aliphatic carbocycles. The lowest BCUT2D eigenvalue weighted by molar-refractivity contribution is -0.178. The average Bonchev–Trinajstić information content (AvgIpc) is 2.90. The Morgan fingerprint density at radius 3 is 2.82 bits per heavy atom. The highest BCUT2D eigenvalue weighted by Gasteiger charge is 2.52. The first-order valence-corrected chi connectivity index (χ1v) is 5.08. The van der Waals surface area contributed by atoms with E-state index in [1.54, 1.807) is 18.2 Å². The van der Waals surface area contributed by atoms with Crippen molar-refractivity contribution in [2.75, 3.05) is 18.5 Å². The fourth-order valence-corrected chi connectivity index (χ4v) is 2.06. The van der Waals surface area contributed by atoms with Crippen LogP contribution in [0.1, 0.15) is 5.56 Å². The van der Waals surface area contributed by atoms with Gasteiger partial charge in [0.2, 0.25) is 6.08 Å². The monoisotopic (exact) mass is 232 g/mol. The molecule has 1 aromatic carbocycles. The second-order valence-electron chi connectivity index (χ2n) is 3.70. The number of nitrogens with one attached hydrogen (secondary N) is 1. The van der Waals surface area contributed by atoms with Gasteiger partial charge in [-0.15, -0.1) is 0 Å². The predicted octanol–water partition coefficient (Wildman–Crippen LogP) is 0.806. The topological polar surface area (TPSA) is 77.0 Å². The van der Waals surface area contributed by atoms with Crippen LogP contribution in [0.5, 0.6) is 0 Å². The van der Waals surface area contributed by atoms with Gasteiger partial charge in [0.15, 0.2) is 0 Å². The van der Waals surface area contributed by atoms with Crippen LogP contribution >= 0.6 is 0 Å². The van der Waals surface area contributed by atoms with Crippen LogP contribution in [-0.2, 0) is 24.8 Å². The number of anilines is 1. The van der Waals surface area contributed by atoms with E-state index in [-0.39, 0.29) is 5.91 Å². The Morgan fingerprint density at radius 2 is 2.12 bits per heavy atom. The molecule has 1 aromatic rings. The van der Waals surface area contributed by atoms with Gasteiger partial charge in [0.1, 0.15) is 0 Å². The van der Waals surface area contributed by atoms with Crippen molar-refractivity contribution in [2.24, 2.45) is 4.99 Å². The molecule has 3 rings (SSSR count). The highest BCUT2D eigenvalue weighted by Crippen LogP contribution is 2.43. The standard InChI is InChI=1S/C11H8N2O4/c14-6-12-7-1-2-9-8(5-7)11(10(15)13-9)16-3-4-17-11/h1-2,5H,3-4H2,(H,13,15). The zero-order chi connectivity index (χ0) is 11.9. The summed E-state index contributed by atoms with van der Waals surface area (Å²) in [5.41, 5.74) is 1.58. The summed E-state index contributed by atoms with van der Waals surface area (Å²) >= 11 is 0. The molecular weight excluding hydrogens is 224 g/mol. The highest BCUT2D eigenvalue weighted by atomic mass is 16.7. The number of aliphatic imine (C=N–C) groups is 1. The lowest BCUT2D eigenvalue weighted by Crippen LogP contribution is -2.35. The quantitative estimate of drug-likeness (QED) is 0.574. The summed E-state index contributed by atoms with van der Waals surface area (Å²) < 4.78 is 10.8. The van der Waals surface area contributed by atoms with Crippen molar-refractivity contribution < 1.29 is 19.1 Å². The number of nitrogens with zero attached hydrogens (tertiary/aromatic N) is 1. The smallest absolute Gasteiger partial charge is 0.289 e. The zero-order valence-corrected chi connectivity index (χ0v) is 8.73. The molecule has 0 atom stereocenters. The number of carbonyl (C=O) groups is 1. The van der Waals surface area contributed by atoms with Crippen molar-refractivity contribution in [3.63, 3.8) is 0 Å². The van der Waals surface area contributed by atoms with E-state index in [1.807, 2.05) is 0 Å². The van der Waals surface area contributed by atoms with Gasteiger partial charge in [-0.3, -0.25) is 4.79 Å². The van der Waals surface area contributed by atoms with Gasteiger partial charge in [-0.2, -0.15) is 4.99 Å². The third kappa shape index (κ3) is 1.32. The lowest BCUT2D eigenvalue weighted by Gasteiger charge is -2.19. The fraction of sp³-hybridized carbons (Fsp3) is 0.273. The number of rotatable bonds is 1. The molecule has 1 N–H and O–H groups in total. The number of ether oxygens (including phenoxy) is 2. The number of hydrogen-bond donors (Lipinski definition) is 1. The molecule has 2 aliphatic rings. The molecule has 1 fully saturated rings. The van der Waals surface area contributed by atoms with Crippen LogP contribution in [-0.4, -0.2) is 25.2 Å². The minimum atomic E-state index is -1.37. The Balaban J connectivity index is 2.15. The van der Waals surface area contributed by atoms with Crippen LogP contribution in [0, 0.1) is 0 Å². The summed E-state index contributed by atoms with van der Waals surface area (Å²) in [4.78, 5) is 25.6. The van der Waals surface area contributed by atoms with Gasteiger partial charge in [0.25, 0.3) is 11.7 Å². The second-order valence-corrected chi connectivity index (χ2v) is 3.70. The number of hydrogen-bond acceptors (Lipinski definition) is 5. The minimum Gasteiger partial charge on any atom is -0.336 e. The van der Waals surface area contributed by atoms with E-state index >= 15 is 0 Å². The number of amides is 1. The SMILES string of the molecule is O=C=Nc1ccc2c(c1)C1(OCCO1)C(=O)N2. The Hall–Kier alpha value is -2.01. The van der Waals surface area contributed by atoms with E-state index in [0.717, 1.165) is 0 Å². The first-order valence-electron chi connectivity index (χ1n) is 5.08. The van der Waals surface area contributed by atoms with E-state index in [0.29, 0.717) is 30.2 Å². The Labute approximate surface area is 96.2 Å². The molecule has 0 unspecified atom stereocenters. The molecule has 2 heterocycles. The molecule has 86 valence electrons. The predicted molar refractivity (Wildman–Crippen MR) is 56.4 cm³/mol. The molecule has 1 spiro atoms. The summed E-state index contributed by atoms with van der Waals surface area (Å²) in [6, 6.07) is 4.85. The Kier molecular flexibility index (Phi) is 2.09. The van der Waals surface area contributed by atoms with E-state index < -0.39 is 5.79 Å². The minimum absolute atomic E-state index is 0.350. The fourth-order valence-electron chi connectivity index (χ4n) is 2.06. The van der Waals surface area contributed by atoms with E-state index in [4.69, 9.17) is 9.47 Å². The van der Waals surface area contributed by atoms with Crippen molar-refractivity contribution in [3.8, 4) is 0 Å². The number of fused-ring (bicyclic) bond motifs is 2. The molecular formula is C11H8N2O4. The molecule has 17 heavy (non-hydrogen) atoms. The van der Waals surface area contributed by atoms with Crippen LogP contribution in [0.4, 0.5) is 11.4 Å². The van der Waals surface area contributed by atoms with Crippen LogP contribution < -0.4 is 5.32 Å². The lowest BCUT2D eigenvalue weighted by atomic mass is 10.1. The number of benzene rings is 1. The summed E-state index contributed by atoms with van der Waals surface area (Å²) in [6.45, 7) is 0.710. The van der Waals surface area contributed by atoms with E-state index in [9.17, 15) is 9.59 Å². The third-order valence-electron chi connectivity index (χ3n) is 2.77. The third-order valence-corrected chi connectivity index (χ3v) is 2.77. The van der Waals surface area contributed by atoms with Crippen LogP contribution in [0.25, 0.3) is 0 Å². The van der Waals surface area contributed by atoms with E-state index in [1.165, 1.54) is 6.08 Å². The molecule has 0 bridgehead atoms. The zero-order valence-electron chi connectivity index (χ0n) is 8.73. The van der Waals surface area contributed by atoms with Crippen molar-refractivity contribution >= 4 is 23.4 Å². The van der Waals surface area contributed by atoms with Gasteiger partial charge in [-0.05, 0) is 18.2 Å². The molecule has 1 saturated heterocycles. The molecule has 2 aliphatic heterocycles. The van der Waals surface area contributed by atoms with Crippen LogP contribution in [0.2, 0.25) is 0 Å². The van der Waals surface area contributed by atoms with Gasteiger partial charge in [-0.25, -0.2) is 4.79 Å². The molecule has 0 saturated carbocycles. The molecule has 0 aromatic heterocycles. The van der Waals surface area contributed by atoms with Gasteiger partial charge in [0, 0.05) is 5.56 Å². The maximum absolute atomic E-state index is 11.9. The van der Waals surface area contributed by atoms with Crippen molar-refractivity contribution in [2.45, 2.75) is 5.79 Å². The first kappa shape index (κ1) is 10.2. The first-order chi connectivity index (χ1) is 8.26.